The number of nitrogens with one attached hydrogen (secondary N) is 1. The van der Waals surface area contributed by atoms with Gasteiger partial charge in [0.05, 0.1) is 7.11 Å². The van der Waals surface area contributed by atoms with E-state index in [4.69, 9.17) is 4.74 Å². The normalized spacial score (nSPS) is 12.3. The van der Waals surface area contributed by atoms with Gasteiger partial charge in [-0.15, -0.1) is 0 Å². The molecular weight excluding hydrogens is 266 g/mol. The Hall–Kier alpha value is -1.32. The lowest BCUT2D eigenvalue weighted by Crippen LogP contribution is -2.25. The fraction of sp³-hybridized carbons (Fsp3) is 0.412. The van der Waals surface area contributed by atoms with E-state index < -0.39 is 0 Å². The van der Waals surface area contributed by atoms with Crippen molar-refractivity contribution in [3.8, 4) is 5.75 Å². The van der Waals surface area contributed by atoms with Crippen LogP contribution >= 0.6 is 11.3 Å². The highest BCUT2D eigenvalue weighted by atomic mass is 32.1. The summed E-state index contributed by atoms with van der Waals surface area (Å²) in [5.74, 6) is 1.57. The lowest BCUT2D eigenvalue weighted by atomic mass is 9.93. The minimum Gasteiger partial charge on any atom is -0.497 e. The molecule has 0 fully saturated rings. The zero-order valence-corrected chi connectivity index (χ0v) is 13.1. The van der Waals surface area contributed by atoms with Crippen molar-refractivity contribution in [1.82, 2.24) is 5.32 Å². The van der Waals surface area contributed by atoms with E-state index in [1.54, 1.807) is 18.4 Å². The van der Waals surface area contributed by atoms with Crippen LogP contribution in [0.2, 0.25) is 0 Å². The maximum absolute atomic E-state index is 5.31. The van der Waals surface area contributed by atoms with Crippen molar-refractivity contribution in [1.29, 1.82) is 0 Å². The number of benzene rings is 1. The van der Waals surface area contributed by atoms with Gasteiger partial charge in [0.2, 0.25) is 0 Å². The second-order valence-electron chi connectivity index (χ2n) is 5.07. The molecule has 0 amide bonds. The topological polar surface area (TPSA) is 21.3 Å². The number of hydrogen-bond acceptors (Lipinski definition) is 3. The van der Waals surface area contributed by atoms with Crippen molar-refractivity contribution >= 4 is 11.3 Å². The molecule has 0 radical (unpaired) electrons. The Morgan fingerprint density at radius 2 is 2.05 bits per heavy atom. The molecule has 0 saturated heterocycles. The molecule has 2 nitrogen and oxygen atoms in total. The Kier molecular flexibility index (Phi) is 6.09. The molecule has 3 heteroatoms. The van der Waals surface area contributed by atoms with Crippen molar-refractivity contribution in [2.45, 2.75) is 19.8 Å². The van der Waals surface area contributed by atoms with Crippen molar-refractivity contribution < 1.29 is 4.74 Å². The molecule has 108 valence electrons. The lowest BCUT2D eigenvalue weighted by molar-refractivity contribution is 0.413. The third kappa shape index (κ3) is 4.66. The third-order valence-corrected chi connectivity index (χ3v) is 4.18. The van der Waals surface area contributed by atoms with E-state index in [1.807, 2.05) is 6.07 Å². The van der Waals surface area contributed by atoms with Gasteiger partial charge < -0.3 is 10.1 Å². The zero-order valence-electron chi connectivity index (χ0n) is 12.3. The molecule has 2 aromatic rings. The summed E-state index contributed by atoms with van der Waals surface area (Å²) in [4.78, 5) is 0. The van der Waals surface area contributed by atoms with Gasteiger partial charge in [-0.3, -0.25) is 0 Å². The minimum absolute atomic E-state index is 0.622. The van der Waals surface area contributed by atoms with Crippen LogP contribution < -0.4 is 10.1 Å². The van der Waals surface area contributed by atoms with Gasteiger partial charge in [0, 0.05) is 0 Å². The smallest absolute Gasteiger partial charge is 0.119 e. The Morgan fingerprint density at radius 1 is 1.20 bits per heavy atom. The van der Waals surface area contributed by atoms with Gasteiger partial charge in [-0.2, -0.15) is 11.3 Å². The van der Waals surface area contributed by atoms with Crippen LogP contribution in [-0.4, -0.2) is 20.2 Å². The van der Waals surface area contributed by atoms with Crippen LogP contribution in [0.3, 0.4) is 0 Å². The first-order chi connectivity index (χ1) is 9.81. The van der Waals surface area contributed by atoms with Gasteiger partial charge in [-0.1, -0.05) is 19.1 Å². The molecule has 0 aliphatic carbocycles. The number of thiophene rings is 1. The Balaban J connectivity index is 2.02. The molecule has 1 unspecified atom stereocenters. The molecule has 20 heavy (non-hydrogen) atoms. The molecule has 0 bridgehead atoms. The average Bonchev–Trinajstić information content (AvgIpc) is 2.98. The number of ether oxygens (including phenoxy) is 1. The summed E-state index contributed by atoms with van der Waals surface area (Å²) >= 11 is 1.78. The molecule has 0 saturated carbocycles. The number of rotatable bonds is 8. The van der Waals surface area contributed by atoms with Crippen molar-refractivity contribution in [3.63, 3.8) is 0 Å². The van der Waals surface area contributed by atoms with Gasteiger partial charge in [0.25, 0.3) is 0 Å². The third-order valence-electron chi connectivity index (χ3n) is 3.45. The predicted octanol–water partition coefficient (Wildman–Crippen LogP) is 3.77. The first kappa shape index (κ1) is 15.1. The SMILES string of the molecule is CCNCC(Cc1ccsc1)Cc1cccc(OC)c1. The predicted molar refractivity (Wildman–Crippen MR) is 86.8 cm³/mol. The number of hydrogen-bond donors (Lipinski definition) is 1. The molecule has 2 rings (SSSR count). The summed E-state index contributed by atoms with van der Waals surface area (Å²) in [6.07, 6.45) is 2.22. The van der Waals surface area contributed by atoms with Gasteiger partial charge in [-0.05, 0) is 71.9 Å². The van der Waals surface area contributed by atoms with E-state index in [1.165, 1.54) is 11.1 Å². The fourth-order valence-electron chi connectivity index (χ4n) is 2.44. The largest absolute Gasteiger partial charge is 0.497 e. The second kappa shape index (κ2) is 8.08. The van der Waals surface area contributed by atoms with Crippen LogP contribution in [0.1, 0.15) is 18.1 Å². The van der Waals surface area contributed by atoms with Crippen molar-refractivity contribution in [3.05, 3.63) is 52.2 Å². The van der Waals surface area contributed by atoms with Crippen molar-refractivity contribution in [2.24, 2.45) is 5.92 Å². The second-order valence-corrected chi connectivity index (χ2v) is 5.85. The zero-order chi connectivity index (χ0) is 14.2. The first-order valence-electron chi connectivity index (χ1n) is 7.16. The van der Waals surface area contributed by atoms with Gasteiger partial charge in [0.15, 0.2) is 0 Å². The molecule has 1 N–H and O–H groups in total. The van der Waals surface area contributed by atoms with Crippen LogP contribution in [0.15, 0.2) is 41.1 Å². The molecule has 1 aromatic heterocycles. The van der Waals surface area contributed by atoms with Gasteiger partial charge >= 0.3 is 0 Å². The number of methoxy groups -OCH3 is 1. The first-order valence-corrected chi connectivity index (χ1v) is 8.10. The van der Waals surface area contributed by atoms with E-state index in [2.05, 4.69) is 47.3 Å². The minimum atomic E-state index is 0.622. The summed E-state index contributed by atoms with van der Waals surface area (Å²) in [6.45, 7) is 4.25. The fourth-order valence-corrected chi connectivity index (χ4v) is 3.12. The molecule has 1 atom stereocenters. The van der Waals surface area contributed by atoms with Crippen LogP contribution in [0.25, 0.3) is 0 Å². The lowest BCUT2D eigenvalue weighted by Gasteiger charge is -2.17. The molecule has 0 spiro atoms. The standard InChI is InChI=1S/C17H23NOS/c1-3-18-12-16(10-15-7-8-20-13-15)9-14-5-4-6-17(11-14)19-2/h4-8,11,13,16,18H,3,9-10,12H2,1-2H3. The maximum Gasteiger partial charge on any atom is 0.119 e. The van der Waals surface area contributed by atoms with E-state index in [9.17, 15) is 0 Å². The molecular formula is C17H23NOS. The molecule has 0 aliphatic rings. The summed E-state index contributed by atoms with van der Waals surface area (Å²) in [6, 6.07) is 10.6. The highest BCUT2D eigenvalue weighted by molar-refractivity contribution is 7.07. The van der Waals surface area contributed by atoms with E-state index in [-0.39, 0.29) is 0 Å². The molecule has 1 aromatic carbocycles. The Labute approximate surface area is 125 Å². The Morgan fingerprint density at radius 3 is 2.75 bits per heavy atom. The van der Waals surface area contributed by atoms with Gasteiger partial charge in [-0.25, -0.2) is 0 Å². The quantitative estimate of drug-likeness (QED) is 0.799. The average molecular weight is 289 g/mol. The highest BCUT2D eigenvalue weighted by Crippen LogP contribution is 2.19. The van der Waals surface area contributed by atoms with Crippen LogP contribution in [0, 0.1) is 5.92 Å². The summed E-state index contributed by atoms with van der Waals surface area (Å²) in [5.41, 5.74) is 2.79. The molecule has 1 heterocycles. The summed E-state index contributed by atoms with van der Waals surface area (Å²) in [7, 11) is 1.72. The van der Waals surface area contributed by atoms with Gasteiger partial charge in [0.1, 0.15) is 5.75 Å². The monoisotopic (exact) mass is 289 g/mol. The van der Waals surface area contributed by atoms with Crippen molar-refractivity contribution in [2.75, 3.05) is 20.2 Å². The van der Waals surface area contributed by atoms with E-state index in [0.29, 0.717) is 5.92 Å². The van der Waals surface area contributed by atoms with Crippen LogP contribution in [0.4, 0.5) is 0 Å². The maximum atomic E-state index is 5.31. The summed E-state index contributed by atoms with van der Waals surface area (Å²) < 4.78 is 5.31. The van der Waals surface area contributed by atoms with Crippen LogP contribution in [0.5, 0.6) is 5.75 Å². The highest BCUT2D eigenvalue weighted by Gasteiger charge is 2.11. The molecule has 0 aliphatic heterocycles. The van der Waals surface area contributed by atoms with E-state index in [0.717, 1.165) is 31.7 Å². The Bertz CT molecular complexity index is 495. The van der Waals surface area contributed by atoms with Crippen LogP contribution in [-0.2, 0) is 12.8 Å². The van der Waals surface area contributed by atoms with E-state index >= 15 is 0 Å². The summed E-state index contributed by atoms with van der Waals surface area (Å²) in [5, 5.41) is 7.89.